The molecule has 194 valence electrons. The van der Waals surface area contributed by atoms with E-state index in [1.165, 1.54) is 0 Å². The van der Waals surface area contributed by atoms with Gasteiger partial charge in [0.2, 0.25) is 5.76 Å². The van der Waals surface area contributed by atoms with Gasteiger partial charge in [-0.05, 0) is 70.2 Å². The second kappa shape index (κ2) is 9.90. The zero-order chi connectivity index (χ0) is 25.4. The number of ether oxygens (including phenoxy) is 4. The van der Waals surface area contributed by atoms with E-state index in [0.29, 0.717) is 49.4 Å². The maximum Gasteiger partial charge on any atom is 0.374 e. The number of piperidine rings is 1. The summed E-state index contributed by atoms with van der Waals surface area (Å²) in [6, 6.07) is 1.80. The minimum atomic E-state index is -1.01. The highest BCUT2D eigenvalue weighted by atomic mass is 16.6. The summed E-state index contributed by atoms with van der Waals surface area (Å²) in [5.74, 6) is 1.62. The molecule has 0 aromatic heterocycles. The van der Waals surface area contributed by atoms with Crippen molar-refractivity contribution in [1.29, 1.82) is 0 Å². The molecule has 0 amide bonds. The number of allylic oxidation sites excluding steroid dienone is 3. The third-order valence-electron chi connectivity index (χ3n) is 8.02. The average Bonchev–Trinajstić information content (AvgIpc) is 3.32. The molecule has 0 radical (unpaired) electrons. The van der Waals surface area contributed by atoms with E-state index in [9.17, 15) is 14.7 Å². The van der Waals surface area contributed by atoms with Gasteiger partial charge in [0.1, 0.15) is 34.7 Å². The molecule has 8 heteroatoms. The minimum absolute atomic E-state index is 0.0991. The molecule has 3 heterocycles. The highest BCUT2D eigenvalue weighted by Crippen LogP contribution is 2.52. The number of rotatable bonds is 5. The number of fused-ring (bicyclic) bond motifs is 2. The summed E-state index contributed by atoms with van der Waals surface area (Å²) in [6.45, 7) is 5.62. The lowest BCUT2D eigenvalue weighted by molar-refractivity contribution is -0.141. The molecule has 1 saturated carbocycles. The van der Waals surface area contributed by atoms with Gasteiger partial charge in [-0.2, -0.15) is 0 Å². The first-order valence-corrected chi connectivity index (χ1v) is 13.0. The van der Waals surface area contributed by atoms with Gasteiger partial charge in [-0.25, -0.2) is 4.79 Å². The fourth-order valence-corrected chi connectivity index (χ4v) is 5.92. The summed E-state index contributed by atoms with van der Waals surface area (Å²) in [6.07, 6.45) is 5.81. The van der Waals surface area contributed by atoms with Crippen LogP contribution in [0.15, 0.2) is 23.5 Å². The van der Waals surface area contributed by atoms with Crippen molar-refractivity contribution in [1.82, 2.24) is 5.32 Å². The molecule has 2 fully saturated rings. The number of hydrogen-bond donors (Lipinski definition) is 2. The lowest BCUT2D eigenvalue weighted by atomic mass is 9.77. The van der Waals surface area contributed by atoms with Crippen LogP contribution in [-0.4, -0.2) is 55.4 Å². The van der Waals surface area contributed by atoms with E-state index >= 15 is 0 Å². The average molecular weight is 498 g/mol. The van der Waals surface area contributed by atoms with E-state index in [-0.39, 0.29) is 24.1 Å². The summed E-state index contributed by atoms with van der Waals surface area (Å²) in [4.78, 5) is 24.6. The van der Waals surface area contributed by atoms with Crippen LogP contribution in [0.4, 0.5) is 0 Å². The normalized spacial score (nSPS) is 23.6. The molecule has 1 aromatic rings. The second-order valence-electron chi connectivity index (χ2n) is 10.2. The predicted octanol–water partition coefficient (Wildman–Crippen LogP) is 3.49. The highest BCUT2D eigenvalue weighted by Gasteiger charge is 2.46. The number of hydrogen-bond acceptors (Lipinski definition) is 8. The molecule has 0 spiro atoms. The predicted molar refractivity (Wildman–Crippen MR) is 133 cm³/mol. The maximum absolute atomic E-state index is 12.6. The molecule has 2 unspecified atom stereocenters. The Bertz CT molecular complexity index is 1120. The highest BCUT2D eigenvalue weighted by molar-refractivity contribution is 5.97. The van der Waals surface area contributed by atoms with E-state index in [0.717, 1.165) is 48.2 Å². The molecule has 2 N–H and O–H groups in total. The van der Waals surface area contributed by atoms with E-state index in [1.54, 1.807) is 26.2 Å². The Morgan fingerprint density at radius 1 is 1.19 bits per heavy atom. The first kappa shape index (κ1) is 24.8. The van der Waals surface area contributed by atoms with Crippen molar-refractivity contribution in [3.05, 3.63) is 34.6 Å². The number of esters is 1. The number of nitrogens with one attached hydrogen (secondary N) is 1. The maximum atomic E-state index is 12.6. The first-order valence-electron chi connectivity index (χ1n) is 13.0. The molecular formula is C28H35NO7. The standard InChI is InChI=1S/C28H35NO7/c1-4-34-27(31)23-13-19(16-5-7-18(30)8-6-16)25-22(35-23)15-21-20(26(25)33-3)14-24(36-21)28(2,32)17-9-11-29-12-10-17/h13,15,17,24,29,32H,4-12,14H2,1-3H3. The van der Waals surface area contributed by atoms with Crippen LogP contribution in [0.2, 0.25) is 0 Å². The number of carbonyl (C=O) groups is 2. The summed E-state index contributed by atoms with van der Waals surface area (Å²) in [5, 5.41) is 14.9. The van der Waals surface area contributed by atoms with Gasteiger partial charge in [-0.3, -0.25) is 4.79 Å². The van der Waals surface area contributed by atoms with Gasteiger partial charge >= 0.3 is 5.97 Å². The molecule has 1 aliphatic carbocycles. The lowest BCUT2D eigenvalue weighted by Crippen LogP contribution is -2.51. The Morgan fingerprint density at radius 3 is 2.58 bits per heavy atom. The molecule has 5 rings (SSSR count). The Balaban J connectivity index is 1.56. The van der Waals surface area contributed by atoms with E-state index < -0.39 is 17.7 Å². The number of aliphatic hydroxyl groups is 1. The van der Waals surface area contributed by atoms with Crippen molar-refractivity contribution < 1.29 is 33.6 Å². The van der Waals surface area contributed by atoms with Crippen LogP contribution in [0.5, 0.6) is 17.2 Å². The monoisotopic (exact) mass is 497 g/mol. The zero-order valence-electron chi connectivity index (χ0n) is 21.3. The third kappa shape index (κ3) is 4.41. The first-order chi connectivity index (χ1) is 17.3. The number of carbonyl (C=O) groups excluding carboxylic acids is 2. The molecular weight excluding hydrogens is 462 g/mol. The van der Waals surface area contributed by atoms with Crippen LogP contribution in [0.25, 0.3) is 5.57 Å². The van der Waals surface area contributed by atoms with Gasteiger partial charge in [0.25, 0.3) is 0 Å². The molecule has 36 heavy (non-hydrogen) atoms. The number of benzene rings is 1. The number of methoxy groups -OCH3 is 1. The fourth-order valence-electron chi connectivity index (χ4n) is 5.92. The van der Waals surface area contributed by atoms with Gasteiger partial charge in [-0.15, -0.1) is 0 Å². The van der Waals surface area contributed by atoms with Gasteiger partial charge in [0.05, 0.1) is 19.3 Å². The van der Waals surface area contributed by atoms with Crippen LogP contribution in [0.1, 0.15) is 63.5 Å². The van der Waals surface area contributed by atoms with Crippen LogP contribution < -0.4 is 19.5 Å². The largest absolute Gasteiger partial charge is 0.496 e. The van der Waals surface area contributed by atoms with Crippen LogP contribution in [-0.2, 0) is 20.7 Å². The molecule has 4 aliphatic rings. The molecule has 1 saturated heterocycles. The van der Waals surface area contributed by atoms with Gasteiger partial charge in [0, 0.05) is 30.9 Å². The molecule has 2 atom stereocenters. The number of Topliss-reactive ketones (excluding diaryl/α,β-unsaturated/α-hetero) is 1. The van der Waals surface area contributed by atoms with E-state index in [2.05, 4.69) is 5.32 Å². The van der Waals surface area contributed by atoms with Crippen LogP contribution in [0.3, 0.4) is 0 Å². The van der Waals surface area contributed by atoms with Gasteiger partial charge in [-0.1, -0.05) is 5.57 Å². The van der Waals surface area contributed by atoms with Gasteiger partial charge < -0.3 is 29.4 Å². The van der Waals surface area contributed by atoms with Crippen molar-refractivity contribution in [2.45, 2.75) is 70.5 Å². The van der Waals surface area contributed by atoms with Crippen molar-refractivity contribution >= 4 is 17.3 Å². The molecule has 0 bridgehead atoms. The molecule has 1 aromatic carbocycles. The number of ketones is 1. The van der Waals surface area contributed by atoms with E-state index in [1.807, 2.05) is 6.92 Å². The summed E-state index contributed by atoms with van der Waals surface area (Å²) < 4.78 is 23.6. The smallest absolute Gasteiger partial charge is 0.374 e. The van der Waals surface area contributed by atoms with Crippen molar-refractivity contribution in [3.63, 3.8) is 0 Å². The van der Waals surface area contributed by atoms with Gasteiger partial charge in [0.15, 0.2) is 0 Å². The molecule has 3 aliphatic heterocycles. The summed E-state index contributed by atoms with van der Waals surface area (Å²) in [7, 11) is 1.62. The SMILES string of the molecule is CCOC(=O)C1=CC(=C2CCC(=O)CC2)c2c(cc3c(c2OC)CC(C(C)(O)C2CCNCC2)O3)O1. The zero-order valence-corrected chi connectivity index (χ0v) is 21.3. The Hall–Kier alpha value is -2.84. The second-order valence-corrected chi connectivity index (χ2v) is 10.2. The van der Waals surface area contributed by atoms with Crippen LogP contribution in [0, 0.1) is 5.92 Å². The van der Waals surface area contributed by atoms with Crippen molar-refractivity contribution in [2.75, 3.05) is 26.8 Å². The lowest BCUT2D eigenvalue weighted by Gasteiger charge is -2.39. The Labute approximate surface area is 211 Å². The van der Waals surface area contributed by atoms with Crippen molar-refractivity contribution in [3.8, 4) is 17.2 Å². The van der Waals surface area contributed by atoms with E-state index in [4.69, 9.17) is 18.9 Å². The summed E-state index contributed by atoms with van der Waals surface area (Å²) >= 11 is 0. The molecule has 8 nitrogen and oxygen atoms in total. The Morgan fingerprint density at radius 2 is 1.92 bits per heavy atom. The fraction of sp³-hybridized carbons (Fsp3) is 0.571. The Kier molecular flexibility index (Phi) is 6.83. The summed E-state index contributed by atoms with van der Waals surface area (Å²) in [5.41, 5.74) is 2.58. The topological polar surface area (TPSA) is 103 Å². The third-order valence-corrected chi connectivity index (χ3v) is 8.02. The minimum Gasteiger partial charge on any atom is -0.496 e. The van der Waals surface area contributed by atoms with Crippen LogP contribution >= 0.6 is 0 Å². The quantitative estimate of drug-likeness (QED) is 0.596. The van der Waals surface area contributed by atoms with Crippen molar-refractivity contribution in [2.24, 2.45) is 5.92 Å².